The Kier molecular flexibility index (Phi) is 4.95. The van der Waals surface area contributed by atoms with Crippen molar-refractivity contribution in [3.05, 3.63) is 62.0 Å². The Morgan fingerprint density at radius 2 is 1.87 bits per heavy atom. The molecule has 1 saturated heterocycles. The van der Waals surface area contributed by atoms with Crippen molar-refractivity contribution in [3.8, 4) is 0 Å². The number of piperazine rings is 1. The predicted octanol–water partition coefficient (Wildman–Crippen LogP) is 2.98. The monoisotopic (exact) mass is 422 g/mol. The average molecular weight is 423 g/mol. The Bertz CT molecular complexity index is 1190. The average Bonchev–Trinajstić information content (AvgIpc) is 3.35. The van der Waals surface area contributed by atoms with Crippen molar-refractivity contribution in [1.29, 1.82) is 0 Å². The lowest BCUT2D eigenvalue weighted by Gasteiger charge is -2.35. The number of thiophene rings is 1. The van der Waals surface area contributed by atoms with Crippen molar-refractivity contribution in [2.24, 2.45) is 0 Å². The van der Waals surface area contributed by atoms with Crippen LogP contribution in [0.4, 0.5) is 0 Å². The molecule has 0 atom stereocenters. The lowest BCUT2D eigenvalue weighted by atomic mass is 10.1. The van der Waals surface area contributed by atoms with E-state index >= 15 is 0 Å². The van der Waals surface area contributed by atoms with E-state index in [-0.39, 0.29) is 11.5 Å². The molecule has 156 valence electrons. The summed E-state index contributed by atoms with van der Waals surface area (Å²) in [7, 11) is 0. The summed E-state index contributed by atoms with van der Waals surface area (Å²) in [6, 6.07) is 8.47. The van der Waals surface area contributed by atoms with Crippen LogP contribution in [0.25, 0.3) is 10.2 Å². The van der Waals surface area contributed by atoms with Gasteiger partial charge in [0.1, 0.15) is 10.7 Å². The molecule has 1 fully saturated rings. The fourth-order valence-corrected chi connectivity index (χ4v) is 5.72. The van der Waals surface area contributed by atoms with E-state index in [0.29, 0.717) is 28.2 Å². The van der Waals surface area contributed by atoms with E-state index in [2.05, 4.69) is 36.1 Å². The smallest absolute Gasteiger partial charge is 0.264 e. The number of aryl methyl sites for hydroxylation is 3. The first kappa shape index (κ1) is 19.5. The van der Waals surface area contributed by atoms with Crippen molar-refractivity contribution in [2.45, 2.75) is 39.8 Å². The number of carbonyl (C=O) groups excluding carboxylic acids is 1. The first-order valence-corrected chi connectivity index (χ1v) is 11.4. The Hall–Kier alpha value is -2.51. The number of hydrogen-bond donors (Lipinski definition) is 0. The number of rotatable bonds is 3. The van der Waals surface area contributed by atoms with Crippen LogP contribution >= 0.6 is 11.3 Å². The van der Waals surface area contributed by atoms with Crippen LogP contribution < -0.4 is 5.56 Å². The van der Waals surface area contributed by atoms with Crippen LogP contribution in [0.15, 0.2) is 29.1 Å². The van der Waals surface area contributed by atoms with Crippen molar-refractivity contribution in [2.75, 3.05) is 26.2 Å². The largest absolute Gasteiger partial charge is 0.335 e. The maximum absolute atomic E-state index is 13.3. The van der Waals surface area contributed by atoms with Gasteiger partial charge >= 0.3 is 0 Å². The molecule has 0 saturated carbocycles. The number of benzene rings is 1. The van der Waals surface area contributed by atoms with E-state index in [9.17, 15) is 9.59 Å². The third-order valence-electron chi connectivity index (χ3n) is 6.42. The van der Waals surface area contributed by atoms with Crippen LogP contribution in [-0.4, -0.2) is 51.4 Å². The molecule has 1 aromatic carbocycles. The van der Waals surface area contributed by atoms with E-state index in [1.807, 2.05) is 11.8 Å². The van der Waals surface area contributed by atoms with Gasteiger partial charge in [0.2, 0.25) is 0 Å². The zero-order valence-corrected chi connectivity index (χ0v) is 18.3. The second-order valence-electron chi connectivity index (χ2n) is 8.32. The van der Waals surface area contributed by atoms with E-state index < -0.39 is 0 Å². The molecular weight excluding hydrogens is 396 g/mol. The molecule has 4 heterocycles. The van der Waals surface area contributed by atoms with Gasteiger partial charge in [-0.2, -0.15) is 0 Å². The minimum absolute atomic E-state index is 0.0170. The van der Waals surface area contributed by atoms with Crippen LogP contribution in [-0.2, 0) is 19.5 Å². The van der Waals surface area contributed by atoms with Gasteiger partial charge < -0.3 is 4.90 Å². The van der Waals surface area contributed by atoms with Crippen LogP contribution in [0.5, 0.6) is 0 Å². The Balaban J connectivity index is 1.33. The standard InChI is InChI=1S/C23H26N4O2S/c1-15-6-3-4-7-17(15)14-25-10-12-26(13-11-25)23(29)20-16(2)19-21(30-20)24-18-8-5-9-27(18)22(19)28/h3-4,6-7H,5,8-14H2,1-2H3. The fraction of sp³-hybridized carbons (Fsp3) is 0.435. The zero-order valence-electron chi connectivity index (χ0n) is 17.5. The summed E-state index contributed by atoms with van der Waals surface area (Å²) < 4.78 is 1.78. The molecule has 6 nitrogen and oxygen atoms in total. The Labute approximate surface area is 179 Å². The molecule has 3 aromatic rings. The highest BCUT2D eigenvalue weighted by Crippen LogP contribution is 2.30. The highest BCUT2D eigenvalue weighted by molar-refractivity contribution is 7.20. The van der Waals surface area contributed by atoms with Gasteiger partial charge in [-0.3, -0.25) is 19.1 Å². The van der Waals surface area contributed by atoms with E-state index in [4.69, 9.17) is 4.98 Å². The molecule has 7 heteroatoms. The molecule has 0 N–H and O–H groups in total. The van der Waals surface area contributed by atoms with E-state index in [1.54, 1.807) is 4.57 Å². The fourth-order valence-electron chi connectivity index (χ4n) is 4.56. The summed E-state index contributed by atoms with van der Waals surface area (Å²) in [5.74, 6) is 0.896. The minimum Gasteiger partial charge on any atom is -0.335 e. The van der Waals surface area contributed by atoms with E-state index in [1.165, 1.54) is 22.5 Å². The highest BCUT2D eigenvalue weighted by atomic mass is 32.1. The van der Waals surface area contributed by atoms with Crippen LogP contribution in [0, 0.1) is 13.8 Å². The molecule has 0 spiro atoms. The summed E-state index contributed by atoms with van der Waals surface area (Å²) in [4.78, 5) is 36.6. The van der Waals surface area contributed by atoms with Crippen LogP contribution in [0.3, 0.4) is 0 Å². The molecule has 1 amide bonds. The number of aromatic nitrogens is 2. The zero-order chi connectivity index (χ0) is 20.8. The molecule has 2 aliphatic heterocycles. The van der Waals surface area contributed by atoms with Gasteiger partial charge in [0.05, 0.1) is 10.3 Å². The summed E-state index contributed by atoms with van der Waals surface area (Å²) in [6.07, 6.45) is 1.81. The quantitative estimate of drug-likeness (QED) is 0.651. The lowest BCUT2D eigenvalue weighted by molar-refractivity contribution is 0.0632. The Morgan fingerprint density at radius 3 is 2.63 bits per heavy atom. The maximum atomic E-state index is 13.3. The van der Waals surface area contributed by atoms with Gasteiger partial charge in [0, 0.05) is 45.7 Å². The summed E-state index contributed by atoms with van der Waals surface area (Å²) in [5, 5.41) is 0.632. The molecule has 0 bridgehead atoms. The molecule has 2 aliphatic rings. The molecule has 5 rings (SSSR count). The number of hydrogen-bond acceptors (Lipinski definition) is 5. The molecule has 0 unspecified atom stereocenters. The third-order valence-corrected chi connectivity index (χ3v) is 7.59. The number of fused-ring (bicyclic) bond motifs is 2. The first-order chi connectivity index (χ1) is 14.5. The van der Waals surface area contributed by atoms with Gasteiger partial charge in [0.25, 0.3) is 11.5 Å². The lowest BCUT2D eigenvalue weighted by Crippen LogP contribution is -2.48. The second-order valence-corrected chi connectivity index (χ2v) is 9.32. The predicted molar refractivity (Wildman–Crippen MR) is 119 cm³/mol. The number of amides is 1. The molecular formula is C23H26N4O2S. The number of carbonyl (C=O) groups is 1. The summed E-state index contributed by atoms with van der Waals surface area (Å²) in [5.41, 5.74) is 3.46. The number of nitrogens with zero attached hydrogens (tertiary/aromatic N) is 4. The van der Waals surface area contributed by atoms with Gasteiger partial charge in [-0.05, 0) is 37.0 Å². The van der Waals surface area contributed by atoms with Crippen LogP contribution in [0.1, 0.15) is 38.6 Å². The Morgan fingerprint density at radius 1 is 1.10 bits per heavy atom. The molecule has 0 aliphatic carbocycles. The first-order valence-electron chi connectivity index (χ1n) is 10.6. The van der Waals surface area contributed by atoms with Gasteiger partial charge in [-0.15, -0.1) is 11.3 Å². The van der Waals surface area contributed by atoms with Crippen LogP contribution in [0.2, 0.25) is 0 Å². The molecule has 0 radical (unpaired) electrons. The van der Waals surface area contributed by atoms with Crippen molar-refractivity contribution < 1.29 is 4.79 Å². The highest BCUT2D eigenvalue weighted by Gasteiger charge is 2.28. The van der Waals surface area contributed by atoms with Gasteiger partial charge in [-0.25, -0.2) is 4.98 Å². The normalized spacial score (nSPS) is 16.9. The van der Waals surface area contributed by atoms with Crippen molar-refractivity contribution in [3.63, 3.8) is 0 Å². The maximum Gasteiger partial charge on any atom is 0.264 e. The van der Waals surface area contributed by atoms with Gasteiger partial charge in [0.15, 0.2) is 0 Å². The minimum atomic E-state index is 0.0170. The topological polar surface area (TPSA) is 58.4 Å². The summed E-state index contributed by atoms with van der Waals surface area (Å²) >= 11 is 1.38. The van der Waals surface area contributed by atoms with Crippen molar-refractivity contribution >= 4 is 27.5 Å². The van der Waals surface area contributed by atoms with Gasteiger partial charge in [-0.1, -0.05) is 24.3 Å². The second kappa shape index (κ2) is 7.63. The SMILES string of the molecule is Cc1ccccc1CN1CCN(C(=O)c2sc3nc4n(c(=O)c3c2C)CCC4)CC1. The molecule has 30 heavy (non-hydrogen) atoms. The third kappa shape index (κ3) is 3.26. The summed E-state index contributed by atoms with van der Waals surface area (Å²) in [6.45, 7) is 8.83. The van der Waals surface area contributed by atoms with E-state index in [0.717, 1.165) is 50.4 Å². The molecule has 2 aromatic heterocycles. The van der Waals surface area contributed by atoms with Crippen molar-refractivity contribution in [1.82, 2.24) is 19.4 Å².